The van der Waals surface area contributed by atoms with Gasteiger partial charge in [0.25, 0.3) is 0 Å². The van der Waals surface area contributed by atoms with E-state index in [0.717, 1.165) is 49.4 Å². The van der Waals surface area contributed by atoms with Crippen molar-refractivity contribution in [1.82, 2.24) is 4.90 Å². The minimum atomic E-state index is 0.00641. The summed E-state index contributed by atoms with van der Waals surface area (Å²) in [7, 11) is 8.22. The lowest BCUT2D eigenvalue weighted by Gasteiger charge is -2.38. The van der Waals surface area contributed by atoms with E-state index in [1.807, 2.05) is 29.5 Å². The fraction of sp³-hybridized carbons (Fsp3) is 0.429. The summed E-state index contributed by atoms with van der Waals surface area (Å²) in [5.74, 6) is 3.40. The van der Waals surface area contributed by atoms with Crippen LogP contribution in [-0.4, -0.2) is 59.6 Å². The number of aryl methyl sites for hydroxylation is 1. The molecule has 1 aromatic heterocycles. The van der Waals surface area contributed by atoms with E-state index in [9.17, 15) is 0 Å². The van der Waals surface area contributed by atoms with Gasteiger partial charge in [-0.2, -0.15) is 0 Å². The molecule has 2 heterocycles. The zero-order chi connectivity index (χ0) is 25.7. The van der Waals surface area contributed by atoms with Gasteiger partial charge in [-0.3, -0.25) is 4.90 Å². The van der Waals surface area contributed by atoms with E-state index in [4.69, 9.17) is 29.4 Å². The van der Waals surface area contributed by atoms with Gasteiger partial charge in [-0.1, -0.05) is 6.07 Å². The van der Waals surface area contributed by atoms with Crippen molar-refractivity contribution in [3.05, 3.63) is 63.3 Å². The topological polar surface area (TPSA) is 75.4 Å². The van der Waals surface area contributed by atoms with Gasteiger partial charge < -0.3 is 29.4 Å². The van der Waals surface area contributed by atoms with E-state index in [0.29, 0.717) is 17.2 Å². The highest BCUT2D eigenvalue weighted by Gasteiger charge is 2.31. The number of hydrogen-bond acceptors (Lipinski definition) is 8. The standard InChI is InChI=1S/C28H36N2O5S/c1-31-22-9-7-19(16-23(22)32-2)27-21-11-13-36-26(21)10-12-30(27)17-20(29)8-6-18-14-24(33-3)28(35-5)25(15-18)34-4/h7,9,11,13-16,20,27H,6,8,10,12,17,29H2,1-5H3. The largest absolute Gasteiger partial charge is 0.493 e. The van der Waals surface area contributed by atoms with Crippen LogP contribution in [0.3, 0.4) is 0 Å². The zero-order valence-corrected chi connectivity index (χ0v) is 22.5. The number of methoxy groups -OCH3 is 5. The first-order chi connectivity index (χ1) is 17.5. The number of nitrogens with two attached hydrogens (primary N) is 1. The molecule has 36 heavy (non-hydrogen) atoms. The maximum Gasteiger partial charge on any atom is 0.203 e. The average molecular weight is 513 g/mol. The van der Waals surface area contributed by atoms with E-state index in [2.05, 4.69) is 28.5 Å². The van der Waals surface area contributed by atoms with E-state index in [1.54, 1.807) is 35.5 Å². The Morgan fingerprint density at radius 1 is 0.889 bits per heavy atom. The second-order valence-corrected chi connectivity index (χ2v) is 9.89. The Bertz CT molecular complexity index is 1140. The minimum absolute atomic E-state index is 0.00641. The summed E-state index contributed by atoms with van der Waals surface area (Å²) in [6.07, 6.45) is 2.69. The lowest BCUT2D eigenvalue weighted by Crippen LogP contribution is -2.43. The summed E-state index contributed by atoms with van der Waals surface area (Å²) in [6.45, 7) is 1.75. The number of nitrogens with zero attached hydrogens (tertiary/aromatic N) is 1. The molecule has 194 valence electrons. The summed E-state index contributed by atoms with van der Waals surface area (Å²) >= 11 is 1.83. The van der Waals surface area contributed by atoms with Crippen LogP contribution < -0.4 is 29.4 Å². The van der Waals surface area contributed by atoms with Gasteiger partial charge in [0.05, 0.1) is 41.6 Å². The lowest BCUT2D eigenvalue weighted by atomic mass is 9.92. The molecule has 0 bridgehead atoms. The molecule has 0 aliphatic carbocycles. The normalized spacial score (nSPS) is 16.2. The van der Waals surface area contributed by atoms with Gasteiger partial charge in [-0.25, -0.2) is 0 Å². The summed E-state index contributed by atoms with van der Waals surface area (Å²) in [4.78, 5) is 3.94. The molecular formula is C28H36N2O5S. The van der Waals surface area contributed by atoms with Crippen molar-refractivity contribution < 1.29 is 23.7 Å². The third-order valence-electron chi connectivity index (χ3n) is 6.79. The number of benzene rings is 2. The second kappa shape index (κ2) is 11.9. The third-order valence-corrected chi connectivity index (χ3v) is 7.78. The molecule has 0 saturated carbocycles. The quantitative estimate of drug-likeness (QED) is 0.399. The molecule has 0 amide bonds. The van der Waals surface area contributed by atoms with Gasteiger partial charge in [-0.15, -0.1) is 11.3 Å². The fourth-order valence-electron chi connectivity index (χ4n) is 5.00. The molecular weight excluding hydrogens is 476 g/mol. The smallest absolute Gasteiger partial charge is 0.203 e. The highest BCUT2D eigenvalue weighted by atomic mass is 32.1. The maximum atomic E-state index is 6.72. The number of thiophene rings is 1. The first-order valence-electron chi connectivity index (χ1n) is 12.1. The first kappa shape index (κ1) is 26.1. The van der Waals surface area contributed by atoms with Gasteiger partial charge in [-0.05, 0) is 71.7 Å². The van der Waals surface area contributed by atoms with E-state index in [-0.39, 0.29) is 12.1 Å². The van der Waals surface area contributed by atoms with Crippen molar-refractivity contribution in [3.63, 3.8) is 0 Å². The molecule has 4 rings (SSSR count). The maximum absolute atomic E-state index is 6.72. The van der Waals surface area contributed by atoms with Crippen molar-refractivity contribution in [2.75, 3.05) is 48.6 Å². The van der Waals surface area contributed by atoms with Crippen LogP contribution in [0.1, 0.15) is 34.0 Å². The van der Waals surface area contributed by atoms with Crippen LogP contribution >= 0.6 is 11.3 Å². The average Bonchev–Trinajstić information content (AvgIpc) is 3.39. The Labute approximate surface area is 217 Å². The minimum Gasteiger partial charge on any atom is -0.493 e. The Balaban J connectivity index is 1.52. The van der Waals surface area contributed by atoms with Gasteiger partial charge in [0.2, 0.25) is 5.75 Å². The molecule has 2 unspecified atom stereocenters. The van der Waals surface area contributed by atoms with Crippen molar-refractivity contribution in [2.45, 2.75) is 31.3 Å². The predicted octanol–water partition coefficient (Wildman–Crippen LogP) is 4.70. The van der Waals surface area contributed by atoms with E-state index < -0.39 is 0 Å². The molecule has 0 radical (unpaired) electrons. The predicted molar refractivity (Wildman–Crippen MR) is 143 cm³/mol. The molecule has 2 N–H and O–H groups in total. The van der Waals surface area contributed by atoms with Crippen molar-refractivity contribution >= 4 is 11.3 Å². The van der Waals surface area contributed by atoms with Crippen LogP contribution in [0.15, 0.2) is 41.8 Å². The fourth-order valence-corrected chi connectivity index (χ4v) is 5.91. The van der Waals surface area contributed by atoms with Gasteiger partial charge >= 0.3 is 0 Å². The van der Waals surface area contributed by atoms with Gasteiger partial charge in [0, 0.05) is 24.0 Å². The molecule has 8 heteroatoms. The molecule has 0 saturated heterocycles. The number of fused-ring (bicyclic) bond motifs is 1. The highest BCUT2D eigenvalue weighted by molar-refractivity contribution is 7.10. The third kappa shape index (κ3) is 5.40. The van der Waals surface area contributed by atoms with Crippen LogP contribution in [0.5, 0.6) is 28.7 Å². The van der Waals surface area contributed by atoms with Crippen LogP contribution in [-0.2, 0) is 12.8 Å². The molecule has 3 aromatic rings. The lowest BCUT2D eigenvalue weighted by molar-refractivity contribution is 0.199. The SMILES string of the molecule is COc1ccc(C2c3ccsc3CCN2CC(N)CCc2cc(OC)c(OC)c(OC)c2)cc1OC. The van der Waals surface area contributed by atoms with Gasteiger partial charge in [0.15, 0.2) is 23.0 Å². The van der Waals surface area contributed by atoms with E-state index in [1.165, 1.54) is 16.0 Å². The zero-order valence-electron chi connectivity index (χ0n) is 21.7. The van der Waals surface area contributed by atoms with Crippen LogP contribution in [0, 0.1) is 0 Å². The second-order valence-electron chi connectivity index (χ2n) is 8.89. The van der Waals surface area contributed by atoms with Crippen LogP contribution in [0.4, 0.5) is 0 Å². The van der Waals surface area contributed by atoms with Crippen molar-refractivity contribution in [1.29, 1.82) is 0 Å². The summed E-state index contributed by atoms with van der Waals surface area (Å²) < 4.78 is 27.5. The molecule has 1 aliphatic rings. The number of hydrogen-bond donors (Lipinski definition) is 1. The monoisotopic (exact) mass is 512 g/mol. The summed E-state index contributed by atoms with van der Waals surface area (Å²) in [6, 6.07) is 12.6. The van der Waals surface area contributed by atoms with Gasteiger partial charge in [0.1, 0.15) is 0 Å². The Kier molecular flexibility index (Phi) is 8.61. The molecule has 0 spiro atoms. The Hall–Kier alpha value is -2.94. The van der Waals surface area contributed by atoms with Crippen LogP contribution in [0.25, 0.3) is 0 Å². The molecule has 2 aromatic carbocycles. The Morgan fingerprint density at radius 2 is 1.58 bits per heavy atom. The highest BCUT2D eigenvalue weighted by Crippen LogP contribution is 2.41. The number of ether oxygens (including phenoxy) is 5. The first-order valence-corrected chi connectivity index (χ1v) is 13.0. The number of rotatable bonds is 11. The summed E-state index contributed by atoms with van der Waals surface area (Å²) in [5, 5.41) is 2.19. The molecule has 7 nitrogen and oxygen atoms in total. The Morgan fingerprint density at radius 3 is 2.22 bits per heavy atom. The van der Waals surface area contributed by atoms with Crippen molar-refractivity contribution in [2.24, 2.45) is 5.73 Å². The molecule has 1 aliphatic heterocycles. The molecule has 0 fully saturated rings. The summed E-state index contributed by atoms with van der Waals surface area (Å²) in [5.41, 5.74) is 10.4. The van der Waals surface area contributed by atoms with E-state index >= 15 is 0 Å². The molecule has 2 atom stereocenters. The van der Waals surface area contributed by atoms with Crippen LogP contribution in [0.2, 0.25) is 0 Å². The van der Waals surface area contributed by atoms with Crippen molar-refractivity contribution in [3.8, 4) is 28.7 Å².